The Morgan fingerprint density at radius 1 is 1.19 bits per heavy atom. The van der Waals surface area contributed by atoms with Gasteiger partial charge in [0.1, 0.15) is 0 Å². The van der Waals surface area contributed by atoms with E-state index in [0.717, 1.165) is 65.1 Å². The van der Waals surface area contributed by atoms with Crippen molar-refractivity contribution >= 4 is 0 Å². The zero-order valence-electron chi connectivity index (χ0n) is 13.1. The van der Waals surface area contributed by atoms with E-state index in [0.29, 0.717) is 12.5 Å². The second-order valence-corrected chi connectivity index (χ2v) is 7.12. The molecule has 0 radical (unpaired) electrons. The van der Waals surface area contributed by atoms with Crippen molar-refractivity contribution in [2.45, 2.75) is 56.3 Å². The summed E-state index contributed by atoms with van der Waals surface area (Å²) in [5, 5.41) is 14.5. The topological polar surface area (TPSA) is 60.0 Å². The highest BCUT2D eigenvalue weighted by molar-refractivity contribution is 4.96. The first-order chi connectivity index (χ1) is 10.1. The zero-order chi connectivity index (χ0) is 14.8. The third-order valence-corrected chi connectivity index (χ3v) is 5.43. The van der Waals surface area contributed by atoms with Crippen LogP contribution in [-0.4, -0.2) is 61.9 Å². The molecule has 3 saturated heterocycles. The third kappa shape index (κ3) is 3.77. The molecule has 5 nitrogen and oxygen atoms in total. The molecule has 3 aliphatic rings. The molecule has 0 aromatic rings. The highest BCUT2D eigenvalue weighted by Crippen LogP contribution is 2.42. The maximum absolute atomic E-state index is 11.0. The van der Waals surface area contributed by atoms with E-state index in [9.17, 15) is 5.11 Å². The fourth-order valence-electron chi connectivity index (χ4n) is 4.07. The molecular formula is C16H29NO4. The van der Waals surface area contributed by atoms with E-state index in [2.05, 4.69) is 5.32 Å². The molecule has 0 amide bonds. The third-order valence-electron chi connectivity index (χ3n) is 5.43. The lowest BCUT2D eigenvalue weighted by atomic mass is 9.72. The Balaban J connectivity index is 1.60. The van der Waals surface area contributed by atoms with Crippen molar-refractivity contribution in [1.82, 2.24) is 5.32 Å². The molecule has 5 heteroatoms. The Hall–Kier alpha value is -0.200. The van der Waals surface area contributed by atoms with Gasteiger partial charge in [-0.05, 0) is 44.9 Å². The van der Waals surface area contributed by atoms with Crippen LogP contribution in [0.15, 0.2) is 0 Å². The van der Waals surface area contributed by atoms with Crippen molar-refractivity contribution in [1.29, 1.82) is 0 Å². The second kappa shape index (κ2) is 6.50. The van der Waals surface area contributed by atoms with Crippen LogP contribution in [-0.2, 0) is 14.2 Å². The van der Waals surface area contributed by atoms with Crippen molar-refractivity contribution in [3.63, 3.8) is 0 Å². The molecule has 3 atom stereocenters. The Kier molecular flexibility index (Phi) is 4.86. The summed E-state index contributed by atoms with van der Waals surface area (Å²) >= 11 is 0. The fourth-order valence-corrected chi connectivity index (χ4v) is 4.07. The molecule has 1 spiro atoms. The highest BCUT2D eigenvalue weighted by atomic mass is 16.5. The number of ether oxygens (including phenoxy) is 3. The summed E-state index contributed by atoms with van der Waals surface area (Å²) < 4.78 is 17.1. The molecule has 122 valence electrons. The van der Waals surface area contributed by atoms with Crippen LogP contribution in [0.3, 0.4) is 0 Å². The summed E-state index contributed by atoms with van der Waals surface area (Å²) in [7, 11) is 0. The molecule has 3 rings (SSSR count). The summed E-state index contributed by atoms with van der Waals surface area (Å²) in [6, 6.07) is 0.266. The van der Waals surface area contributed by atoms with Crippen LogP contribution < -0.4 is 5.32 Å². The number of aliphatic hydroxyl groups is 1. The van der Waals surface area contributed by atoms with Crippen LogP contribution in [0.4, 0.5) is 0 Å². The van der Waals surface area contributed by atoms with Crippen molar-refractivity contribution in [2.24, 2.45) is 5.92 Å². The van der Waals surface area contributed by atoms with Crippen LogP contribution in [0.5, 0.6) is 0 Å². The summed E-state index contributed by atoms with van der Waals surface area (Å²) in [5.41, 5.74) is -0.713. The summed E-state index contributed by atoms with van der Waals surface area (Å²) in [6.45, 7) is 6.69. The van der Waals surface area contributed by atoms with Crippen LogP contribution in [0.25, 0.3) is 0 Å². The van der Waals surface area contributed by atoms with Gasteiger partial charge in [0.25, 0.3) is 0 Å². The van der Waals surface area contributed by atoms with Gasteiger partial charge in [0.05, 0.1) is 24.4 Å². The molecule has 0 saturated carbocycles. The highest BCUT2D eigenvalue weighted by Gasteiger charge is 2.45. The van der Waals surface area contributed by atoms with Gasteiger partial charge in [-0.15, -0.1) is 0 Å². The van der Waals surface area contributed by atoms with Gasteiger partial charge in [0.2, 0.25) is 0 Å². The Morgan fingerprint density at radius 2 is 2.00 bits per heavy atom. The molecule has 0 aromatic carbocycles. The van der Waals surface area contributed by atoms with Gasteiger partial charge < -0.3 is 24.6 Å². The van der Waals surface area contributed by atoms with Crippen LogP contribution in [0.2, 0.25) is 0 Å². The molecule has 0 aliphatic carbocycles. The summed E-state index contributed by atoms with van der Waals surface area (Å²) in [5.74, 6) is 0.299. The maximum Gasteiger partial charge on any atom is 0.0730 e. The van der Waals surface area contributed by atoms with Crippen LogP contribution in [0.1, 0.15) is 39.0 Å². The lowest BCUT2D eigenvalue weighted by molar-refractivity contribution is -0.175. The van der Waals surface area contributed by atoms with Crippen molar-refractivity contribution in [3.05, 3.63) is 0 Å². The maximum atomic E-state index is 11.0. The van der Waals surface area contributed by atoms with Gasteiger partial charge in [-0.25, -0.2) is 0 Å². The molecule has 21 heavy (non-hydrogen) atoms. The van der Waals surface area contributed by atoms with Crippen LogP contribution >= 0.6 is 0 Å². The number of morpholine rings is 1. The minimum absolute atomic E-state index is 0.0539. The molecule has 3 unspecified atom stereocenters. The summed E-state index contributed by atoms with van der Waals surface area (Å²) in [6.07, 6.45) is 4.58. The standard InChI is InChI=1S/C16H29NO4/c1-15(18,11-14-12-20-9-5-17-14)13-2-6-21-16(10-13)3-7-19-8-4-16/h13-14,17-18H,2-12H2,1H3. The van der Waals surface area contributed by atoms with E-state index in [4.69, 9.17) is 14.2 Å². The fraction of sp³-hybridized carbons (Fsp3) is 1.00. The smallest absolute Gasteiger partial charge is 0.0730 e. The van der Waals surface area contributed by atoms with Gasteiger partial charge >= 0.3 is 0 Å². The lowest BCUT2D eigenvalue weighted by Gasteiger charge is -2.48. The number of rotatable bonds is 3. The Morgan fingerprint density at radius 3 is 2.71 bits per heavy atom. The van der Waals surface area contributed by atoms with Gasteiger partial charge in [-0.2, -0.15) is 0 Å². The van der Waals surface area contributed by atoms with Crippen molar-refractivity contribution in [3.8, 4) is 0 Å². The van der Waals surface area contributed by atoms with Crippen molar-refractivity contribution in [2.75, 3.05) is 39.6 Å². The minimum atomic E-state index is -0.659. The molecule has 0 aromatic heterocycles. The van der Waals surface area contributed by atoms with Gasteiger partial charge in [0.15, 0.2) is 0 Å². The summed E-state index contributed by atoms with van der Waals surface area (Å²) in [4.78, 5) is 0. The molecular weight excluding hydrogens is 270 g/mol. The Bertz CT molecular complexity index is 330. The number of hydrogen-bond donors (Lipinski definition) is 2. The lowest BCUT2D eigenvalue weighted by Crippen LogP contribution is -2.53. The monoisotopic (exact) mass is 299 g/mol. The first-order valence-electron chi connectivity index (χ1n) is 8.35. The quantitative estimate of drug-likeness (QED) is 0.817. The first-order valence-corrected chi connectivity index (χ1v) is 8.35. The normalized spacial score (nSPS) is 36.3. The number of nitrogens with one attached hydrogen (secondary N) is 1. The van der Waals surface area contributed by atoms with E-state index in [1.54, 1.807) is 0 Å². The first kappa shape index (κ1) is 15.7. The average Bonchev–Trinajstić information content (AvgIpc) is 2.49. The van der Waals surface area contributed by atoms with Gasteiger partial charge in [-0.3, -0.25) is 0 Å². The van der Waals surface area contributed by atoms with E-state index >= 15 is 0 Å². The largest absolute Gasteiger partial charge is 0.390 e. The minimum Gasteiger partial charge on any atom is -0.390 e. The average molecular weight is 299 g/mol. The van der Waals surface area contributed by atoms with E-state index in [-0.39, 0.29) is 11.6 Å². The van der Waals surface area contributed by atoms with Crippen molar-refractivity contribution < 1.29 is 19.3 Å². The molecule has 2 N–H and O–H groups in total. The second-order valence-electron chi connectivity index (χ2n) is 7.12. The van der Waals surface area contributed by atoms with Gasteiger partial charge in [0, 0.05) is 32.4 Å². The predicted molar refractivity (Wildman–Crippen MR) is 79.3 cm³/mol. The van der Waals surface area contributed by atoms with Gasteiger partial charge in [-0.1, -0.05) is 0 Å². The molecule has 3 aliphatic heterocycles. The number of hydrogen-bond acceptors (Lipinski definition) is 5. The molecule has 3 fully saturated rings. The van der Waals surface area contributed by atoms with E-state index in [1.807, 2.05) is 6.92 Å². The molecule has 0 bridgehead atoms. The molecule has 3 heterocycles. The van der Waals surface area contributed by atoms with E-state index < -0.39 is 5.60 Å². The van der Waals surface area contributed by atoms with Crippen LogP contribution in [0, 0.1) is 5.92 Å². The zero-order valence-corrected chi connectivity index (χ0v) is 13.1. The SMILES string of the molecule is CC(O)(CC1COCCN1)C1CCOC2(CCOCC2)C1. The Labute approximate surface area is 127 Å². The van der Waals surface area contributed by atoms with E-state index in [1.165, 1.54) is 0 Å². The predicted octanol–water partition coefficient (Wildman–Crippen LogP) is 1.09.